The molecule has 3 aromatic rings. The molecule has 1 aliphatic rings. The molecule has 8 heteroatoms. The lowest BCUT2D eigenvalue weighted by Gasteiger charge is -2.32. The van der Waals surface area contributed by atoms with Gasteiger partial charge in [-0.15, -0.1) is 0 Å². The van der Waals surface area contributed by atoms with Crippen molar-refractivity contribution in [1.29, 1.82) is 0 Å². The van der Waals surface area contributed by atoms with E-state index >= 15 is 0 Å². The van der Waals surface area contributed by atoms with Gasteiger partial charge in [0.15, 0.2) is 0 Å². The van der Waals surface area contributed by atoms with Gasteiger partial charge in [0, 0.05) is 51.9 Å². The summed E-state index contributed by atoms with van der Waals surface area (Å²) in [4.78, 5) is 45.3. The number of likely N-dealkylation sites (N-methyl/N-ethyl adjacent to an activating group) is 1. The molecule has 0 spiro atoms. The fourth-order valence-corrected chi connectivity index (χ4v) is 4.05. The van der Waals surface area contributed by atoms with Gasteiger partial charge in [-0.05, 0) is 42.5 Å². The number of rotatable bonds is 6. The molecule has 35 heavy (non-hydrogen) atoms. The molecule has 182 valence electrons. The van der Waals surface area contributed by atoms with E-state index < -0.39 is 0 Å². The van der Waals surface area contributed by atoms with Gasteiger partial charge in [0.1, 0.15) is 10.7 Å². The molecule has 0 radical (unpaired) electrons. The van der Waals surface area contributed by atoms with Crippen LogP contribution in [0.25, 0.3) is 12.2 Å². The number of nitrogens with one attached hydrogen (secondary N) is 2. The molecule has 2 heterocycles. The summed E-state index contributed by atoms with van der Waals surface area (Å²) in [6.07, 6.45) is 3.30. The first kappa shape index (κ1) is 24.4. The monoisotopic (exact) mass is 473 g/mol. The molecule has 0 aliphatic carbocycles. The van der Waals surface area contributed by atoms with Crippen LogP contribution in [0.15, 0.2) is 64.2 Å². The van der Waals surface area contributed by atoms with Crippen molar-refractivity contribution in [2.75, 3.05) is 46.3 Å². The minimum Gasteiger partial charge on any atom is -0.351 e. The fraction of sp³-hybridized carbons (Fsp3) is 0.296. The topological polar surface area (TPSA) is 90.4 Å². The zero-order chi connectivity index (χ0) is 24.8. The first-order valence-corrected chi connectivity index (χ1v) is 11.8. The molecule has 1 aromatic heterocycles. The summed E-state index contributed by atoms with van der Waals surface area (Å²) in [7, 11) is 3.70. The maximum Gasteiger partial charge on any atom is 0.274 e. The number of nitrogens with zero attached hydrogens (tertiary/aromatic N) is 3. The summed E-state index contributed by atoms with van der Waals surface area (Å²) >= 11 is 0. The first-order valence-electron chi connectivity index (χ1n) is 11.8. The summed E-state index contributed by atoms with van der Waals surface area (Å²) in [5.41, 5.74) is 1.44. The number of piperazine rings is 1. The van der Waals surface area contributed by atoms with Crippen molar-refractivity contribution in [3.63, 3.8) is 0 Å². The third-order valence-corrected chi connectivity index (χ3v) is 6.27. The highest BCUT2D eigenvalue weighted by Gasteiger charge is 2.13. The summed E-state index contributed by atoms with van der Waals surface area (Å²) in [6.45, 7) is 5.57. The van der Waals surface area contributed by atoms with Gasteiger partial charge in [-0.3, -0.25) is 19.3 Å². The molecule has 2 N–H and O–H groups in total. The van der Waals surface area contributed by atoms with Crippen LogP contribution in [0.1, 0.15) is 21.5 Å². The largest absolute Gasteiger partial charge is 0.351 e. The second-order valence-electron chi connectivity index (χ2n) is 8.84. The molecular weight excluding hydrogens is 442 g/mol. The van der Waals surface area contributed by atoms with Crippen molar-refractivity contribution in [2.24, 2.45) is 7.05 Å². The number of H-pyrrole nitrogens is 1. The summed E-state index contributed by atoms with van der Waals surface area (Å²) in [6, 6.07) is 16.3. The van der Waals surface area contributed by atoms with E-state index in [1.165, 1.54) is 4.57 Å². The Bertz CT molecular complexity index is 1400. The standard InChI is InChI=1S/C27H31N5O3/c1-30-14-16-32(17-15-30)13-12-28-25(33)22-10-8-21(9-11-22)18-23-27(35)31(2)24(26(34)29-23)19-20-6-4-3-5-7-20/h3-11,18-19H,12-17H2,1-2H3,(H,28,33)(H,29,34). The Balaban J connectivity index is 1.46. The van der Waals surface area contributed by atoms with E-state index in [1.54, 1.807) is 43.5 Å². The van der Waals surface area contributed by atoms with Crippen LogP contribution in [0.5, 0.6) is 0 Å². The predicted molar refractivity (Wildman–Crippen MR) is 138 cm³/mol. The molecule has 0 atom stereocenters. The van der Waals surface area contributed by atoms with Gasteiger partial charge in [0.25, 0.3) is 17.0 Å². The Morgan fingerprint density at radius 2 is 1.57 bits per heavy atom. The van der Waals surface area contributed by atoms with E-state index in [4.69, 9.17) is 0 Å². The maximum atomic E-state index is 12.8. The van der Waals surface area contributed by atoms with Crippen molar-refractivity contribution in [3.8, 4) is 0 Å². The molecule has 1 amide bonds. The highest BCUT2D eigenvalue weighted by Crippen LogP contribution is 2.05. The number of hydrogen-bond donors (Lipinski definition) is 2. The van der Waals surface area contributed by atoms with Gasteiger partial charge in [0.2, 0.25) is 0 Å². The normalized spacial score (nSPS) is 15.9. The third kappa shape index (κ3) is 6.23. The van der Waals surface area contributed by atoms with Gasteiger partial charge in [-0.2, -0.15) is 0 Å². The van der Waals surface area contributed by atoms with Crippen LogP contribution in [-0.2, 0) is 7.05 Å². The summed E-state index contributed by atoms with van der Waals surface area (Å²) in [5, 5.41) is 3.43. The Hall–Kier alpha value is -3.75. The molecule has 0 saturated carbocycles. The van der Waals surface area contributed by atoms with Crippen molar-refractivity contribution < 1.29 is 4.79 Å². The average molecular weight is 474 g/mol. The quantitative estimate of drug-likeness (QED) is 0.514. The van der Waals surface area contributed by atoms with Crippen molar-refractivity contribution in [3.05, 3.63) is 103 Å². The minimum atomic E-state index is -0.349. The van der Waals surface area contributed by atoms with Crippen molar-refractivity contribution >= 4 is 18.1 Å². The number of aromatic nitrogens is 2. The van der Waals surface area contributed by atoms with Crippen molar-refractivity contribution in [2.45, 2.75) is 0 Å². The van der Waals surface area contributed by atoms with Crippen LogP contribution in [0, 0.1) is 0 Å². The highest BCUT2D eigenvalue weighted by molar-refractivity contribution is 5.94. The van der Waals surface area contributed by atoms with E-state index in [0.717, 1.165) is 38.3 Å². The lowest BCUT2D eigenvalue weighted by Crippen LogP contribution is -2.52. The first-order chi connectivity index (χ1) is 16.9. The van der Waals surface area contributed by atoms with Gasteiger partial charge >= 0.3 is 0 Å². The molecule has 0 unspecified atom stereocenters. The Labute approximate surface area is 203 Å². The Morgan fingerprint density at radius 1 is 0.914 bits per heavy atom. The molecule has 4 rings (SSSR count). The minimum absolute atomic E-state index is 0.129. The number of carbonyl (C=O) groups excluding carboxylic acids is 1. The lowest BCUT2D eigenvalue weighted by atomic mass is 10.1. The second kappa shape index (κ2) is 11.1. The fourth-order valence-electron chi connectivity index (χ4n) is 4.05. The van der Waals surface area contributed by atoms with Crippen LogP contribution < -0.4 is 27.1 Å². The van der Waals surface area contributed by atoms with E-state index in [0.29, 0.717) is 17.7 Å². The number of aromatic amines is 1. The van der Waals surface area contributed by atoms with Gasteiger partial charge < -0.3 is 19.8 Å². The smallest absolute Gasteiger partial charge is 0.274 e. The number of carbonyl (C=O) groups is 1. The Kier molecular flexibility index (Phi) is 7.74. The SMILES string of the molecule is CN1CCN(CCNC(=O)c2ccc(C=c3[nH]c(=O)c(=Cc4ccccc4)n(C)c3=O)cc2)CC1. The van der Waals surface area contributed by atoms with Gasteiger partial charge in [0.05, 0.1) is 0 Å². The van der Waals surface area contributed by atoms with Crippen LogP contribution in [0.4, 0.5) is 0 Å². The molecule has 1 aliphatic heterocycles. The molecular formula is C27H31N5O3. The van der Waals surface area contributed by atoms with Crippen molar-refractivity contribution in [1.82, 2.24) is 24.7 Å². The lowest BCUT2D eigenvalue weighted by molar-refractivity contribution is 0.0941. The second-order valence-corrected chi connectivity index (χ2v) is 8.84. The molecule has 2 aromatic carbocycles. The van der Waals surface area contributed by atoms with Crippen LogP contribution in [0.2, 0.25) is 0 Å². The highest BCUT2D eigenvalue weighted by atomic mass is 16.2. The number of hydrogen-bond acceptors (Lipinski definition) is 5. The zero-order valence-electron chi connectivity index (χ0n) is 20.2. The van der Waals surface area contributed by atoms with E-state index in [9.17, 15) is 14.4 Å². The third-order valence-electron chi connectivity index (χ3n) is 6.27. The van der Waals surface area contributed by atoms with Crippen LogP contribution in [-0.4, -0.2) is 71.6 Å². The Morgan fingerprint density at radius 3 is 2.26 bits per heavy atom. The molecule has 1 saturated heterocycles. The van der Waals surface area contributed by atoms with Gasteiger partial charge in [-0.1, -0.05) is 42.5 Å². The van der Waals surface area contributed by atoms with Crippen LogP contribution in [0.3, 0.4) is 0 Å². The van der Waals surface area contributed by atoms with Gasteiger partial charge in [-0.25, -0.2) is 0 Å². The number of benzene rings is 2. The van der Waals surface area contributed by atoms with Crippen LogP contribution >= 0.6 is 0 Å². The zero-order valence-corrected chi connectivity index (χ0v) is 20.2. The number of amides is 1. The molecule has 8 nitrogen and oxygen atoms in total. The van der Waals surface area contributed by atoms with E-state index in [1.807, 2.05) is 30.3 Å². The predicted octanol–water partition coefficient (Wildman–Crippen LogP) is -0.292. The molecule has 1 fully saturated rings. The maximum absolute atomic E-state index is 12.8. The molecule has 0 bridgehead atoms. The van der Waals surface area contributed by atoms with E-state index in [2.05, 4.69) is 27.1 Å². The average Bonchev–Trinajstić information content (AvgIpc) is 2.87. The summed E-state index contributed by atoms with van der Waals surface area (Å²) in [5.74, 6) is -0.129. The van der Waals surface area contributed by atoms with E-state index in [-0.39, 0.29) is 27.7 Å². The summed E-state index contributed by atoms with van der Waals surface area (Å²) < 4.78 is 1.35.